The number of unbranched alkanes of at least 4 members (excludes halogenated alkanes) is 4. The van der Waals surface area contributed by atoms with E-state index in [1.807, 2.05) is 0 Å². The summed E-state index contributed by atoms with van der Waals surface area (Å²) in [5, 5.41) is 3.57. The summed E-state index contributed by atoms with van der Waals surface area (Å²) in [6.07, 6.45) is 9.38. The van der Waals surface area contributed by atoms with Crippen LogP contribution in [0, 0.1) is 0 Å². The van der Waals surface area contributed by atoms with Gasteiger partial charge in [0.25, 0.3) is 0 Å². The molecular formula is C12H25NO. The second-order valence-corrected chi connectivity index (χ2v) is 4.28. The summed E-state index contributed by atoms with van der Waals surface area (Å²) >= 11 is 0. The van der Waals surface area contributed by atoms with Crippen LogP contribution in [0.2, 0.25) is 0 Å². The Labute approximate surface area is 88.4 Å². The second-order valence-electron chi connectivity index (χ2n) is 4.28. The molecule has 0 radical (unpaired) electrons. The van der Waals surface area contributed by atoms with Gasteiger partial charge in [0.1, 0.15) is 0 Å². The van der Waals surface area contributed by atoms with Crippen molar-refractivity contribution >= 4 is 0 Å². The van der Waals surface area contributed by atoms with Crippen LogP contribution in [0.3, 0.4) is 0 Å². The van der Waals surface area contributed by atoms with Crippen LogP contribution in [0.15, 0.2) is 0 Å². The summed E-state index contributed by atoms with van der Waals surface area (Å²) in [5.41, 5.74) is 0. The molecule has 1 heterocycles. The van der Waals surface area contributed by atoms with Crippen molar-refractivity contribution in [1.29, 1.82) is 0 Å². The third-order valence-electron chi connectivity index (χ3n) is 2.87. The second kappa shape index (κ2) is 8.25. The van der Waals surface area contributed by atoms with Gasteiger partial charge < -0.3 is 10.1 Å². The Bertz CT molecular complexity index is 121. The van der Waals surface area contributed by atoms with Gasteiger partial charge in [-0.15, -0.1) is 0 Å². The third-order valence-corrected chi connectivity index (χ3v) is 2.87. The average Bonchev–Trinajstić information content (AvgIpc) is 2.25. The van der Waals surface area contributed by atoms with Crippen LogP contribution < -0.4 is 5.32 Å². The number of ether oxygens (including phenoxy) is 1. The molecule has 14 heavy (non-hydrogen) atoms. The average molecular weight is 199 g/mol. The maximum absolute atomic E-state index is 5.42. The fraction of sp³-hybridized carbons (Fsp3) is 1.00. The van der Waals surface area contributed by atoms with E-state index in [1.165, 1.54) is 51.5 Å². The summed E-state index contributed by atoms with van der Waals surface area (Å²) in [6, 6.07) is 0.634. The molecule has 0 aromatic heterocycles. The first-order chi connectivity index (χ1) is 6.93. The van der Waals surface area contributed by atoms with Gasteiger partial charge in [-0.25, -0.2) is 0 Å². The van der Waals surface area contributed by atoms with Crippen LogP contribution >= 0.6 is 0 Å². The first kappa shape index (κ1) is 12.0. The molecule has 1 fully saturated rings. The van der Waals surface area contributed by atoms with E-state index in [1.54, 1.807) is 0 Å². The summed E-state index contributed by atoms with van der Waals surface area (Å²) in [6.45, 7) is 5.33. The zero-order chi connectivity index (χ0) is 10.1. The fourth-order valence-corrected chi connectivity index (χ4v) is 1.94. The highest BCUT2D eigenvalue weighted by Gasteiger charge is 2.11. The molecule has 1 rings (SSSR count). The quantitative estimate of drug-likeness (QED) is 0.637. The zero-order valence-electron chi connectivity index (χ0n) is 9.56. The molecule has 1 saturated heterocycles. The van der Waals surface area contributed by atoms with Crippen LogP contribution in [0.25, 0.3) is 0 Å². The van der Waals surface area contributed by atoms with Crippen molar-refractivity contribution in [3.63, 3.8) is 0 Å². The highest BCUT2D eigenvalue weighted by Crippen LogP contribution is 2.06. The molecule has 0 aromatic carbocycles. The predicted molar refractivity (Wildman–Crippen MR) is 60.6 cm³/mol. The molecule has 84 valence electrons. The summed E-state index contributed by atoms with van der Waals surface area (Å²) < 4.78 is 5.42. The van der Waals surface area contributed by atoms with Gasteiger partial charge in [-0.1, -0.05) is 32.6 Å². The number of rotatable bonds is 7. The zero-order valence-corrected chi connectivity index (χ0v) is 9.56. The molecule has 0 aromatic rings. The molecule has 0 saturated carbocycles. The monoisotopic (exact) mass is 199 g/mol. The first-order valence-corrected chi connectivity index (χ1v) is 6.24. The SMILES string of the molecule is CCCCCCCNC1CCCOC1. The van der Waals surface area contributed by atoms with Crippen LogP contribution in [0.1, 0.15) is 51.9 Å². The van der Waals surface area contributed by atoms with E-state index in [9.17, 15) is 0 Å². The van der Waals surface area contributed by atoms with Crippen molar-refractivity contribution in [2.24, 2.45) is 0 Å². The highest BCUT2D eigenvalue weighted by atomic mass is 16.5. The van der Waals surface area contributed by atoms with Crippen molar-refractivity contribution in [1.82, 2.24) is 5.32 Å². The van der Waals surface area contributed by atoms with E-state index in [0.29, 0.717) is 6.04 Å². The molecule has 0 aliphatic carbocycles. The lowest BCUT2D eigenvalue weighted by atomic mass is 10.1. The van der Waals surface area contributed by atoms with Gasteiger partial charge in [0, 0.05) is 12.6 Å². The highest BCUT2D eigenvalue weighted by molar-refractivity contribution is 4.69. The normalized spacial score (nSPS) is 22.5. The summed E-state index contributed by atoms with van der Waals surface area (Å²) in [7, 11) is 0. The standard InChI is InChI=1S/C12H25NO/c1-2-3-4-5-6-9-13-12-8-7-10-14-11-12/h12-13H,2-11H2,1H3. The van der Waals surface area contributed by atoms with E-state index in [0.717, 1.165) is 13.2 Å². The van der Waals surface area contributed by atoms with E-state index < -0.39 is 0 Å². The maximum Gasteiger partial charge on any atom is 0.0619 e. The minimum atomic E-state index is 0.634. The van der Waals surface area contributed by atoms with Gasteiger partial charge >= 0.3 is 0 Å². The van der Waals surface area contributed by atoms with Crippen LogP contribution in [-0.2, 0) is 4.74 Å². The Hall–Kier alpha value is -0.0800. The number of hydrogen-bond acceptors (Lipinski definition) is 2. The van der Waals surface area contributed by atoms with Gasteiger partial charge in [-0.3, -0.25) is 0 Å². The molecular weight excluding hydrogens is 174 g/mol. The molecule has 0 bridgehead atoms. The Balaban J connectivity index is 1.82. The van der Waals surface area contributed by atoms with E-state index in [4.69, 9.17) is 4.74 Å². The first-order valence-electron chi connectivity index (χ1n) is 6.24. The maximum atomic E-state index is 5.42. The predicted octanol–water partition coefficient (Wildman–Crippen LogP) is 2.73. The van der Waals surface area contributed by atoms with Crippen molar-refractivity contribution in [3.8, 4) is 0 Å². The lowest BCUT2D eigenvalue weighted by Gasteiger charge is -2.23. The van der Waals surface area contributed by atoms with Crippen molar-refractivity contribution in [3.05, 3.63) is 0 Å². The van der Waals surface area contributed by atoms with E-state index in [-0.39, 0.29) is 0 Å². The molecule has 1 aliphatic rings. The molecule has 2 nitrogen and oxygen atoms in total. The van der Waals surface area contributed by atoms with Gasteiger partial charge in [-0.05, 0) is 25.8 Å². The van der Waals surface area contributed by atoms with Crippen LogP contribution in [0.4, 0.5) is 0 Å². The molecule has 1 N–H and O–H groups in total. The lowest BCUT2D eigenvalue weighted by Crippen LogP contribution is -2.37. The molecule has 1 unspecified atom stereocenters. The van der Waals surface area contributed by atoms with E-state index in [2.05, 4.69) is 12.2 Å². The van der Waals surface area contributed by atoms with Gasteiger partial charge in [0.15, 0.2) is 0 Å². The van der Waals surface area contributed by atoms with Gasteiger partial charge in [0.2, 0.25) is 0 Å². The minimum absolute atomic E-state index is 0.634. The van der Waals surface area contributed by atoms with Gasteiger partial charge in [-0.2, -0.15) is 0 Å². The topological polar surface area (TPSA) is 21.3 Å². The van der Waals surface area contributed by atoms with Crippen LogP contribution in [-0.4, -0.2) is 25.8 Å². The molecule has 1 atom stereocenters. The van der Waals surface area contributed by atoms with Crippen molar-refractivity contribution in [2.75, 3.05) is 19.8 Å². The molecule has 0 amide bonds. The van der Waals surface area contributed by atoms with Crippen molar-refractivity contribution in [2.45, 2.75) is 57.9 Å². The minimum Gasteiger partial charge on any atom is -0.380 e. The van der Waals surface area contributed by atoms with Gasteiger partial charge in [0.05, 0.1) is 6.61 Å². The molecule has 0 spiro atoms. The summed E-state index contributed by atoms with van der Waals surface area (Å²) in [4.78, 5) is 0. The number of nitrogens with one attached hydrogen (secondary N) is 1. The Morgan fingerprint density at radius 1 is 1.21 bits per heavy atom. The Morgan fingerprint density at radius 3 is 2.79 bits per heavy atom. The smallest absolute Gasteiger partial charge is 0.0619 e. The third kappa shape index (κ3) is 5.61. The number of hydrogen-bond donors (Lipinski definition) is 1. The lowest BCUT2D eigenvalue weighted by molar-refractivity contribution is 0.0704. The largest absolute Gasteiger partial charge is 0.380 e. The Morgan fingerprint density at radius 2 is 2.07 bits per heavy atom. The Kier molecular flexibility index (Phi) is 7.06. The van der Waals surface area contributed by atoms with E-state index >= 15 is 0 Å². The van der Waals surface area contributed by atoms with Crippen molar-refractivity contribution < 1.29 is 4.74 Å². The fourth-order valence-electron chi connectivity index (χ4n) is 1.94. The summed E-state index contributed by atoms with van der Waals surface area (Å²) in [5.74, 6) is 0. The molecule has 1 aliphatic heterocycles. The van der Waals surface area contributed by atoms with Crippen LogP contribution in [0.5, 0.6) is 0 Å². The molecule has 2 heteroatoms.